The van der Waals surface area contributed by atoms with Gasteiger partial charge in [-0.1, -0.05) is 6.58 Å². The van der Waals surface area contributed by atoms with Crippen molar-refractivity contribution in [1.29, 1.82) is 0 Å². The normalized spacial score (nSPS) is 22.5. The number of piperidine rings is 1. The summed E-state index contributed by atoms with van der Waals surface area (Å²) in [7, 11) is 0. The molecule has 2 saturated heterocycles. The van der Waals surface area contributed by atoms with E-state index in [1.165, 1.54) is 10.1 Å². The van der Waals surface area contributed by atoms with Gasteiger partial charge in [-0.25, -0.2) is 9.97 Å². The van der Waals surface area contributed by atoms with Crippen LogP contribution in [0.1, 0.15) is 26.7 Å². The molecule has 2 aliphatic rings. The van der Waals surface area contributed by atoms with E-state index in [9.17, 15) is 0 Å². The lowest BCUT2D eigenvalue weighted by atomic mass is 9.88. The molecule has 2 unspecified atom stereocenters. The summed E-state index contributed by atoms with van der Waals surface area (Å²) in [6, 6.07) is 10.6. The van der Waals surface area contributed by atoms with Crippen molar-refractivity contribution >= 4 is 27.4 Å². The molecule has 0 bridgehead atoms. The molecule has 3 aromatic rings. The van der Waals surface area contributed by atoms with Gasteiger partial charge < -0.3 is 20.1 Å². The fourth-order valence-corrected chi connectivity index (χ4v) is 5.06. The summed E-state index contributed by atoms with van der Waals surface area (Å²) in [4.78, 5) is 10.4. The van der Waals surface area contributed by atoms with E-state index >= 15 is 0 Å². The molecule has 2 aliphatic heterocycles. The van der Waals surface area contributed by atoms with E-state index in [0.29, 0.717) is 12.6 Å². The van der Waals surface area contributed by atoms with Crippen molar-refractivity contribution in [3.63, 3.8) is 0 Å². The Balaban J connectivity index is 1.34. The highest BCUT2D eigenvalue weighted by Crippen LogP contribution is 2.35. The van der Waals surface area contributed by atoms with Crippen LogP contribution >= 0.6 is 11.3 Å². The van der Waals surface area contributed by atoms with Crippen molar-refractivity contribution in [1.82, 2.24) is 15.3 Å². The molecule has 7 heteroatoms. The fourth-order valence-electron chi connectivity index (χ4n) is 4.00. The first-order valence-corrected chi connectivity index (χ1v) is 11.1. The summed E-state index contributed by atoms with van der Waals surface area (Å²) in [5.74, 6) is 1.54. The second-order valence-corrected chi connectivity index (χ2v) is 9.79. The Morgan fingerprint density at radius 2 is 2.20 bits per heavy atom. The monoisotopic (exact) mass is 422 g/mol. The average molecular weight is 423 g/mol. The van der Waals surface area contributed by atoms with Crippen molar-refractivity contribution in [3.05, 3.63) is 48.8 Å². The smallest absolute Gasteiger partial charge is 0.223 e. The predicted molar refractivity (Wildman–Crippen MR) is 121 cm³/mol. The first-order valence-electron chi connectivity index (χ1n) is 10.3. The summed E-state index contributed by atoms with van der Waals surface area (Å²) in [6.45, 7) is 9.92. The van der Waals surface area contributed by atoms with Gasteiger partial charge in [0.05, 0.1) is 17.2 Å². The van der Waals surface area contributed by atoms with Crippen molar-refractivity contribution in [3.8, 4) is 16.3 Å². The third-order valence-electron chi connectivity index (χ3n) is 5.34. The zero-order chi connectivity index (χ0) is 20.7. The van der Waals surface area contributed by atoms with E-state index in [0.717, 1.165) is 41.5 Å². The summed E-state index contributed by atoms with van der Waals surface area (Å²) in [5.41, 5.74) is 1.99. The maximum Gasteiger partial charge on any atom is 0.223 e. The van der Waals surface area contributed by atoms with Crippen LogP contribution in [-0.2, 0) is 4.74 Å². The van der Waals surface area contributed by atoms with Gasteiger partial charge in [0.15, 0.2) is 0 Å². The molecule has 156 valence electrons. The zero-order valence-electron chi connectivity index (χ0n) is 17.3. The van der Waals surface area contributed by atoms with Crippen LogP contribution in [-0.4, -0.2) is 40.9 Å². The minimum Gasteiger partial charge on any atom is -0.491 e. The molecule has 0 aliphatic carbocycles. The standard InChI is InChI=1S/C23H26N4O2S/c1-14-8-16(11-23(2,3)27-14)25-22-24-7-6-19(26-22)21-9-15-4-5-17(10-20(15)30-21)28-12-18-13-29-18/h4-7,9-10,16,18,27H,1,8,11-13H2,2-3H3,(H,24,25,26). The van der Waals surface area contributed by atoms with Crippen LogP contribution in [0, 0.1) is 0 Å². The van der Waals surface area contributed by atoms with Crippen LogP contribution in [0.5, 0.6) is 5.75 Å². The lowest BCUT2D eigenvalue weighted by Gasteiger charge is -2.38. The van der Waals surface area contributed by atoms with Crippen LogP contribution in [0.15, 0.2) is 48.8 Å². The van der Waals surface area contributed by atoms with E-state index < -0.39 is 0 Å². The highest BCUT2D eigenvalue weighted by Gasteiger charge is 2.29. The number of hydrogen-bond donors (Lipinski definition) is 2. The van der Waals surface area contributed by atoms with E-state index in [-0.39, 0.29) is 17.7 Å². The van der Waals surface area contributed by atoms with E-state index in [1.54, 1.807) is 11.3 Å². The van der Waals surface area contributed by atoms with Crippen LogP contribution in [0.2, 0.25) is 0 Å². The SMILES string of the molecule is C=C1CC(Nc2nccc(-c3cc4ccc(OCC5CO5)cc4s3)n2)CC(C)(C)N1. The first-order chi connectivity index (χ1) is 14.4. The molecule has 0 radical (unpaired) electrons. The Morgan fingerprint density at radius 3 is 3.00 bits per heavy atom. The van der Waals surface area contributed by atoms with Gasteiger partial charge in [-0.2, -0.15) is 0 Å². The third kappa shape index (κ3) is 4.42. The van der Waals surface area contributed by atoms with Gasteiger partial charge in [0.2, 0.25) is 5.95 Å². The zero-order valence-corrected chi connectivity index (χ0v) is 18.1. The number of rotatable bonds is 6. The molecule has 0 amide bonds. The van der Waals surface area contributed by atoms with Gasteiger partial charge >= 0.3 is 0 Å². The lowest BCUT2D eigenvalue weighted by Crippen LogP contribution is -2.48. The predicted octanol–water partition coefficient (Wildman–Crippen LogP) is 4.59. The third-order valence-corrected chi connectivity index (χ3v) is 6.46. The highest BCUT2D eigenvalue weighted by molar-refractivity contribution is 7.22. The number of nitrogens with zero attached hydrogens (tertiary/aromatic N) is 2. The van der Waals surface area contributed by atoms with Gasteiger partial charge in [-0.05, 0) is 56.0 Å². The number of hydrogen-bond acceptors (Lipinski definition) is 7. The average Bonchev–Trinajstić information content (AvgIpc) is 3.41. The number of epoxide rings is 1. The first kappa shape index (κ1) is 19.3. The highest BCUT2D eigenvalue weighted by atomic mass is 32.1. The van der Waals surface area contributed by atoms with Gasteiger partial charge in [0.25, 0.3) is 0 Å². The molecule has 2 atom stereocenters. The Morgan fingerprint density at radius 1 is 1.33 bits per heavy atom. The summed E-state index contributed by atoms with van der Waals surface area (Å²) in [6.07, 6.45) is 3.93. The second kappa shape index (κ2) is 7.56. The topological polar surface area (TPSA) is 71.6 Å². The molecular weight excluding hydrogens is 396 g/mol. The second-order valence-electron chi connectivity index (χ2n) is 8.70. The van der Waals surface area contributed by atoms with Crippen LogP contribution in [0.3, 0.4) is 0 Å². The molecule has 30 heavy (non-hydrogen) atoms. The Hall–Kier alpha value is -2.64. The van der Waals surface area contributed by atoms with Crippen molar-refractivity contribution < 1.29 is 9.47 Å². The van der Waals surface area contributed by atoms with Crippen LogP contribution in [0.4, 0.5) is 5.95 Å². The van der Waals surface area contributed by atoms with E-state index in [4.69, 9.17) is 14.5 Å². The van der Waals surface area contributed by atoms with Gasteiger partial charge in [-0.3, -0.25) is 0 Å². The molecule has 2 fully saturated rings. The molecule has 5 rings (SSSR count). The molecule has 0 saturated carbocycles. The Labute approximate surface area is 180 Å². The molecule has 0 spiro atoms. The molecule has 2 aromatic heterocycles. The fraction of sp³-hybridized carbons (Fsp3) is 0.391. The quantitative estimate of drug-likeness (QED) is 0.566. The maximum atomic E-state index is 5.82. The lowest BCUT2D eigenvalue weighted by molar-refractivity contribution is 0.263. The van der Waals surface area contributed by atoms with Crippen molar-refractivity contribution in [2.24, 2.45) is 0 Å². The number of aromatic nitrogens is 2. The molecule has 6 nitrogen and oxygen atoms in total. The van der Waals surface area contributed by atoms with Crippen LogP contribution < -0.4 is 15.4 Å². The van der Waals surface area contributed by atoms with Crippen molar-refractivity contribution in [2.75, 3.05) is 18.5 Å². The summed E-state index contributed by atoms with van der Waals surface area (Å²) >= 11 is 1.72. The minimum atomic E-state index is 0.0154. The van der Waals surface area contributed by atoms with Gasteiger partial charge in [0, 0.05) is 34.6 Å². The number of anilines is 1. The Bertz CT molecular complexity index is 1090. The number of thiophene rings is 1. The number of nitrogens with one attached hydrogen (secondary N) is 2. The van der Waals surface area contributed by atoms with E-state index in [2.05, 4.69) is 54.2 Å². The minimum absolute atomic E-state index is 0.0154. The van der Waals surface area contributed by atoms with Crippen LogP contribution in [0.25, 0.3) is 20.7 Å². The summed E-state index contributed by atoms with van der Waals surface area (Å²) in [5, 5.41) is 8.15. The number of ether oxygens (including phenoxy) is 2. The van der Waals surface area contributed by atoms with Gasteiger partial charge in [-0.15, -0.1) is 11.3 Å². The molecule has 4 heterocycles. The molecule has 2 N–H and O–H groups in total. The summed E-state index contributed by atoms with van der Waals surface area (Å²) < 4.78 is 12.2. The molecular formula is C23H26N4O2S. The van der Waals surface area contributed by atoms with Gasteiger partial charge in [0.1, 0.15) is 18.5 Å². The van der Waals surface area contributed by atoms with E-state index in [1.807, 2.05) is 18.3 Å². The van der Waals surface area contributed by atoms with Crippen molar-refractivity contribution in [2.45, 2.75) is 44.4 Å². The maximum absolute atomic E-state index is 5.82. The largest absolute Gasteiger partial charge is 0.491 e. The number of benzene rings is 1. The number of fused-ring (bicyclic) bond motifs is 1. The Kier molecular flexibility index (Phi) is 4.87. The molecule has 1 aromatic carbocycles.